The van der Waals surface area contributed by atoms with E-state index in [1.807, 2.05) is 29.2 Å². The predicted molar refractivity (Wildman–Crippen MR) is 87.3 cm³/mol. The number of amides is 1. The summed E-state index contributed by atoms with van der Waals surface area (Å²) in [6, 6.07) is 8.90. The molecule has 2 unspecified atom stereocenters. The fourth-order valence-corrected chi connectivity index (χ4v) is 3.49. The van der Waals surface area contributed by atoms with E-state index in [9.17, 15) is 9.18 Å². The fourth-order valence-electron chi connectivity index (χ4n) is 3.49. The van der Waals surface area contributed by atoms with Crippen LogP contribution >= 0.6 is 0 Å². The first kappa shape index (κ1) is 15.1. The van der Waals surface area contributed by atoms with Crippen LogP contribution in [0.2, 0.25) is 0 Å². The number of rotatable bonds is 2. The topological polar surface area (TPSA) is 45.7 Å². The van der Waals surface area contributed by atoms with Gasteiger partial charge in [-0.05, 0) is 18.2 Å². The third-order valence-electron chi connectivity index (χ3n) is 4.73. The summed E-state index contributed by atoms with van der Waals surface area (Å²) in [5, 5.41) is 0. The monoisotopic (exact) mass is 327 g/mol. The summed E-state index contributed by atoms with van der Waals surface area (Å²) < 4.78 is 20.0. The van der Waals surface area contributed by atoms with Crippen molar-refractivity contribution >= 4 is 11.6 Å². The lowest BCUT2D eigenvalue weighted by Crippen LogP contribution is -2.44. The number of anilines is 1. The van der Waals surface area contributed by atoms with E-state index in [0.717, 1.165) is 5.69 Å². The molecule has 0 spiro atoms. The van der Waals surface area contributed by atoms with E-state index in [-0.39, 0.29) is 23.9 Å². The number of pyridine rings is 1. The largest absolute Gasteiger partial charge is 0.487 e. The highest BCUT2D eigenvalue weighted by atomic mass is 19.1. The first-order valence-electron chi connectivity index (χ1n) is 7.99. The number of likely N-dealkylation sites (N-methyl/N-ethyl adjacent to an activating group) is 1. The zero-order valence-electron chi connectivity index (χ0n) is 13.4. The quantitative estimate of drug-likeness (QED) is 0.848. The Morgan fingerprint density at radius 1 is 1.33 bits per heavy atom. The smallest absolute Gasteiger partial charge is 0.244 e. The molecule has 124 valence electrons. The molecule has 0 saturated carbocycles. The molecular weight excluding hydrogens is 309 g/mol. The maximum atomic E-state index is 13.9. The maximum Gasteiger partial charge on any atom is 0.244 e. The van der Waals surface area contributed by atoms with Crippen LogP contribution in [0.5, 0.6) is 5.75 Å². The summed E-state index contributed by atoms with van der Waals surface area (Å²) in [6.45, 7) is 0.967. The SMILES string of the molecule is CN1C(=O)C2CC(CN2Cc2ccncc2F)Oc2ccccc21. The summed E-state index contributed by atoms with van der Waals surface area (Å²) in [7, 11) is 1.76. The summed E-state index contributed by atoms with van der Waals surface area (Å²) in [6.07, 6.45) is 3.32. The molecule has 0 aliphatic carbocycles. The summed E-state index contributed by atoms with van der Waals surface area (Å²) in [5.41, 5.74) is 1.32. The Hall–Kier alpha value is -2.47. The van der Waals surface area contributed by atoms with Gasteiger partial charge in [0.25, 0.3) is 0 Å². The number of para-hydroxylation sites is 2. The molecule has 5 nitrogen and oxygen atoms in total. The van der Waals surface area contributed by atoms with Gasteiger partial charge in [-0.3, -0.25) is 14.7 Å². The molecule has 2 atom stereocenters. The first-order valence-corrected chi connectivity index (χ1v) is 7.99. The minimum Gasteiger partial charge on any atom is -0.487 e. The van der Waals surface area contributed by atoms with Crippen molar-refractivity contribution in [2.24, 2.45) is 0 Å². The zero-order chi connectivity index (χ0) is 16.7. The molecule has 0 radical (unpaired) electrons. The van der Waals surface area contributed by atoms with Gasteiger partial charge < -0.3 is 9.64 Å². The molecule has 2 aliphatic heterocycles. The summed E-state index contributed by atoms with van der Waals surface area (Å²) >= 11 is 0. The van der Waals surface area contributed by atoms with Gasteiger partial charge in [-0.25, -0.2) is 4.39 Å². The minimum absolute atomic E-state index is 0.0164. The van der Waals surface area contributed by atoms with Crippen molar-refractivity contribution in [1.29, 1.82) is 0 Å². The van der Waals surface area contributed by atoms with Gasteiger partial charge in [0.15, 0.2) is 0 Å². The molecule has 3 heterocycles. The van der Waals surface area contributed by atoms with Gasteiger partial charge in [-0.2, -0.15) is 0 Å². The Morgan fingerprint density at radius 2 is 2.17 bits per heavy atom. The number of carbonyl (C=O) groups excluding carboxylic acids is 1. The van der Waals surface area contributed by atoms with E-state index in [0.29, 0.717) is 30.8 Å². The lowest BCUT2D eigenvalue weighted by Gasteiger charge is -2.29. The van der Waals surface area contributed by atoms with Crippen LogP contribution in [0.15, 0.2) is 42.7 Å². The van der Waals surface area contributed by atoms with Gasteiger partial charge in [0.1, 0.15) is 17.7 Å². The highest BCUT2D eigenvalue weighted by Gasteiger charge is 2.42. The van der Waals surface area contributed by atoms with E-state index >= 15 is 0 Å². The minimum atomic E-state index is -0.348. The number of hydrogen-bond acceptors (Lipinski definition) is 4. The van der Waals surface area contributed by atoms with E-state index < -0.39 is 0 Å². The number of hydrogen-bond donors (Lipinski definition) is 0. The second-order valence-corrected chi connectivity index (χ2v) is 6.25. The third-order valence-corrected chi connectivity index (χ3v) is 4.73. The number of nitrogens with zero attached hydrogens (tertiary/aromatic N) is 3. The van der Waals surface area contributed by atoms with Crippen LogP contribution < -0.4 is 9.64 Å². The van der Waals surface area contributed by atoms with Crippen LogP contribution in [0, 0.1) is 5.82 Å². The molecule has 24 heavy (non-hydrogen) atoms. The van der Waals surface area contributed by atoms with Gasteiger partial charge in [0.05, 0.1) is 17.9 Å². The number of fused-ring (bicyclic) bond motifs is 3. The average Bonchev–Trinajstić information content (AvgIpc) is 2.99. The molecule has 1 saturated heterocycles. The lowest BCUT2D eigenvalue weighted by molar-refractivity contribution is -0.122. The normalized spacial score (nSPS) is 23.4. The van der Waals surface area contributed by atoms with Crippen molar-refractivity contribution in [2.45, 2.75) is 25.1 Å². The van der Waals surface area contributed by atoms with Gasteiger partial charge in [0.2, 0.25) is 5.91 Å². The Morgan fingerprint density at radius 3 is 3.00 bits per heavy atom. The van der Waals surface area contributed by atoms with Crippen molar-refractivity contribution in [2.75, 3.05) is 18.5 Å². The maximum absolute atomic E-state index is 13.9. The average molecular weight is 327 g/mol. The molecule has 2 bridgehead atoms. The molecule has 1 aromatic heterocycles. The highest BCUT2D eigenvalue weighted by molar-refractivity contribution is 5.98. The van der Waals surface area contributed by atoms with Gasteiger partial charge in [-0.15, -0.1) is 0 Å². The Kier molecular flexibility index (Phi) is 3.69. The molecule has 2 aliphatic rings. The molecule has 1 aromatic carbocycles. The van der Waals surface area contributed by atoms with E-state index in [1.165, 1.54) is 6.20 Å². The second kappa shape index (κ2) is 5.87. The zero-order valence-corrected chi connectivity index (χ0v) is 13.4. The van der Waals surface area contributed by atoms with Crippen LogP contribution in [-0.2, 0) is 11.3 Å². The van der Waals surface area contributed by atoms with Crippen LogP contribution in [0.1, 0.15) is 12.0 Å². The van der Waals surface area contributed by atoms with Crippen molar-refractivity contribution in [3.63, 3.8) is 0 Å². The van der Waals surface area contributed by atoms with E-state index in [2.05, 4.69) is 4.98 Å². The highest BCUT2D eigenvalue weighted by Crippen LogP contribution is 2.35. The third kappa shape index (κ3) is 2.53. The second-order valence-electron chi connectivity index (χ2n) is 6.25. The van der Waals surface area contributed by atoms with E-state index in [1.54, 1.807) is 24.2 Å². The molecule has 4 rings (SSSR count). The van der Waals surface area contributed by atoms with Crippen LogP contribution in [0.3, 0.4) is 0 Å². The Bertz CT molecular complexity index is 782. The Balaban J connectivity index is 1.64. The van der Waals surface area contributed by atoms with Crippen LogP contribution in [0.4, 0.5) is 10.1 Å². The number of likely N-dealkylation sites (tertiary alicyclic amines) is 1. The number of benzene rings is 1. The number of halogens is 1. The van der Waals surface area contributed by atoms with Crippen molar-refractivity contribution < 1.29 is 13.9 Å². The predicted octanol–water partition coefficient (Wildman–Crippen LogP) is 2.22. The summed E-state index contributed by atoms with van der Waals surface area (Å²) in [4.78, 5) is 20.3. The lowest BCUT2D eigenvalue weighted by atomic mass is 10.1. The summed E-state index contributed by atoms with van der Waals surface area (Å²) in [5.74, 6) is 0.385. The molecule has 2 aromatic rings. The number of carbonyl (C=O) groups is 1. The van der Waals surface area contributed by atoms with Crippen LogP contribution in [0.25, 0.3) is 0 Å². The Labute approximate surface area is 139 Å². The van der Waals surface area contributed by atoms with Gasteiger partial charge in [-0.1, -0.05) is 12.1 Å². The van der Waals surface area contributed by atoms with Crippen LogP contribution in [-0.4, -0.2) is 41.5 Å². The first-order chi connectivity index (χ1) is 11.6. The number of ether oxygens (including phenoxy) is 1. The molecular formula is C18H18FN3O2. The number of aromatic nitrogens is 1. The molecule has 0 N–H and O–H groups in total. The van der Waals surface area contributed by atoms with Crippen molar-refractivity contribution in [1.82, 2.24) is 9.88 Å². The molecule has 1 amide bonds. The van der Waals surface area contributed by atoms with Crippen molar-refractivity contribution in [3.8, 4) is 5.75 Å². The van der Waals surface area contributed by atoms with Crippen molar-refractivity contribution in [3.05, 3.63) is 54.1 Å². The van der Waals surface area contributed by atoms with Gasteiger partial charge in [0, 0.05) is 38.3 Å². The standard InChI is InChI=1S/C18H18FN3O2/c1-21-15-4-2-3-5-17(15)24-13-8-16(18(21)23)22(11-13)10-12-6-7-20-9-14(12)19/h2-7,9,13,16H,8,10-11H2,1H3. The molecule has 1 fully saturated rings. The fraction of sp³-hybridized carbons (Fsp3) is 0.333. The van der Waals surface area contributed by atoms with E-state index in [4.69, 9.17) is 4.74 Å². The molecule has 6 heteroatoms. The van der Waals surface area contributed by atoms with Gasteiger partial charge >= 0.3 is 0 Å².